The number of rotatable bonds is 2. The van der Waals surface area contributed by atoms with Crippen LogP contribution in [0, 0.1) is 0 Å². The highest BCUT2D eigenvalue weighted by Crippen LogP contribution is 2.23. The maximum absolute atomic E-state index is 12.2. The number of carbonyl (C=O) groups is 2. The number of hydrogen-bond acceptors (Lipinski definition) is 4. The SMILES string of the molecule is O=C(O)C1CSCCN1C(=O)c1ccccc1O. The van der Waals surface area contributed by atoms with Gasteiger partial charge in [-0.15, -0.1) is 0 Å². The highest BCUT2D eigenvalue weighted by atomic mass is 32.2. The van der Waals surface area contributed by atoms with Gasteiger partial charge in [0.25, 0.3) is 5.91 Å². The van der Waals surface area contributed by atoms with Crippen molar-refractivity contribution in [3.05, 3.63) is 29.8 Å². The Bertz CT molecular complexity index is 477. The molecular formula is C12H13NO4S. The van der Waals surface area contributed by atoms with E-state index in [-0.39, 0.29) is 11.3 Å². The van der Waals surface area contributed by atoms with Crippen LogP contribution >= 0.6 is 11.8 Å². The van der Waals surface area contributed by atoms with Crippen LogP contribution in [0.5, 0.6) is 5.75 Å². The largest absolute Gasteiger partial charge is 0.507 e. The lowest BCUT2D eigenvalue weighted by Crippen LogP contribution is -2.50. The predicted molar refractivity (Wildman–Crippen MR) is 67.9 cm³/mol. The van der Waals surface area contributed by atoms with E-state index in [1.54, 1.807) is 12.1 Å². The van der Waals surface area contributed by atoms with E-state index in [0.717, 1.165) is 0 Å². The second-order valence-electron chi connectivity index (χ2n) is 3.94. The molecule has 2 rings (SSSR count). The highest BCUT2D eigenvalue weighted by Gasteiger charge is 2.33. The van der Waals surface area contributed by atoms with Gasteiger partial charge in [0.15, 0.2) is 0 Å². The van der Waals surface area contributed by atoms with E-state index in [2.05, 4.69) is 0 Å². The minimum atomic E-state index is -1.01. The van der Waals surface area contributed by atoms with Crippen molar-refractivity contribution in [3.63, 3.8) is 0 Å². The van der Waals surface area contributed by atoms with Crippen LogP contribution in [0.4, 0.5) is 0 Å². The summed E-state index contributed by atoms with van der Waals surface area (Å²) in [6.45, 7) is 0.384. The molecular weight excluding hydrogens is 254 g/mol. The van der Waals surface area contributed by atoms with E-state index in [1.807, 2.05) is 0 Å². The molecule has 0 saturated carbocycles. The monoisotopic (exact) mass is 267 g/mol. The first-order chi connectivity index (χ1) is 8.61. The molecule has 5 nitrogen and oxygen atoms in total. The van der Waals surface area contributed by atoms with Crippen LogP contribution in [0.2, 0.25) is 0 Å². The van der Waals surface area contributed by atoms with Gasteiger partial charge in [0.05, 0.1) is 5.56 Å². The molecule has 1 saturated heterocycles. The lowest BCUT2D eigenvalue weighted by Gasteiger charge is -2.32. The van der Waals surface area contributed by atoms with E-state index in [9.17, 15) is 14.7 Å². The van der Waals surface area contributed by atoms with Crippen molar-refractivity contribution in [1.82, 2.24) is 4.90 Å². The molecule has 1 aliphatic rings. The Labute approximate surface area is 108 Å². The number of thioether (sulfide) groups is 1. The Hall–Kier alpha value is -1.69. The third-order valence-electron chi connectivity index (χ3n) is 2.81. The van der Waals surface area contributed by atoms with Gasteiger partial charge in [-0.1, -0.05) is 12.1 Å². The number of phenolic OH excluding ortho intramolecular Hbond substituents is 1. The lowest BCUT2D eigenvalue weighted by atomic mass is 10.1. The van der Waals surface area contributed by atoms with Crippen molar-refractivity contribution in [1.29, 1.82) is 0 Å². The molecule has 0 radical (unpaired) electrons. The number of carboxylic acids is 1. The average molecular weight is 267 g/mol. The topological polar surface area (TPSA) is 77.8 Å². The molecule has 0 bridgehead atoms. The number of aromatic hydroxyl groups is 1. The predicted octanol–water partition coefficient (Wildman–Crippen LogP) is 1.03. The van der Waals surface area contributed by atoms with Crippen LogP contribution in [0.1, 0.15) is 10.4 Å². The van der Waals surface area contributed by atoms with Crippen molar-refractivity contribution in [2.45, 2.75) is 6.04 Å². The Morgan fingerprint density at radius 2 is 2.06 bits per heavy atom. The average Bonchev–Trinajstić information content (AvgIpc) is 2.38. The highest BCUT2D eigenvalue weighted by molar-refractivity contribution is 7.99. The van der Waals surface area contributed by atoms with Gasteiger partial charge in [-0.2, -0.15) is 11.8 Å². The number of carbonyl (C=O) groups excluding carboxylic acids is 1. The molecule has 1 aromatic rings. The van der Waals surface area contributed by atoms with Gasteiger partial charge in [0.1, 0.15) is 11.8 Å². The molecule has 1 heterocycles. The van der Waals surface area contributed by atoms with Crippen molar-refractivity contribution >= 4 is 23.6 Å². The van der Waals surface area contributed by atoms with Gasteiger partial charge < -0.3 is 15.1 Å². The molecule has 1 amide bonds. The molecule has 1 fully saturated rings. The summed E-state index contributed by atoms with van der Waals surface area (Å²) in [5, 5.41) is 18.7. The van der Waals surface area contributed by atoms with Crippen molar-refractivity contribution in [2.75, 3.05) is 18.1 Å². The van der Waals surface area contributed by atoms with Gasteiger partial charge in [-0.3, -0.25) is 4.79 Å². The number of amides is 1. The molecule has 1 aliphatic heterocycles. The zero-order valence-corrected chi connectivity index (χ0v) is 10.4. The molecule has 1 unspecified atom stereocenters. The normalized spacial score (nSPS) is 19.6. The third-order valence-corrected chi connectivity index (χ3v) is 3.83. The smallest absolute Gasteiger partial charge is 0.327 e. The Balaban J connectivity index is 2.27. The molecule has 0 aliphatic carbocycles. The number of para-hydroxylation sites is 1. The summed E-state index contributed by atoms with van der Waals surface area (Å²) in [5.74, 6) is -0.464. The minimum absolute atomic E-state index is 0.120. The minimum Gasteiger partial charge on any atom is -0.507 e. The summed E-state index contributed by atoms with van der Waals surface area (Å²) >= 11 is 1.51. The molecule has 96 valence electrons. The van der Waals surface area contributed by atoms with Crippen molar-refractivity contribution in [3.8, 4) is 5.75 Å². The van der Waals surface area contributed by atoms with Gasteiger partial charge in [0, 0.05) is 18.1 Å². The standard InChI is InChI=1S/C12H13NO4S/c14-10-4-2-1-3-8(10)11(15)13-5-6-18-7-9(13)12(16)17/h1-4,9,14H,5-7H2,(H,16,17). The number of aliphatic carboxylic acids is 1. The van der Waals surface area contributed by atoms with Crippen LogP contribution in [0.15, 0.2) is 24.3 Å². The summed E-state index contributed by atoms with van der Waals surface area (Å²) in [6.07, 6.45) is 0. The fraction of sp³-hybridized carbons (Fsp3) is 0.333. The zero-order valence-electron chi connectivity index (χ0n) is 9.57. The molecule has 0 aromatic heterocycles. The van der Waals surface area contributed by atoms with Crippen LogP contribution in [-0.2, 0) is 4.79 Å². The zero-order chi connectivity index (χ0) is 13.1. The molecule has 1 aromatic carbocycles. The van der Waals surface area contributed by atoms with Gasteiger partial charge >= 0.3 is 5.97 Å². The Morgan fingerprint density at radius 3 is 2.72 bits per heavy atom. The molecule has 0 spiro atoms. The van der Waals surface area contributed by atoms with Crippen molar-refractivity contribution in [2.24, 2.45) is 0 Å². The summed E-state index contributed by atoms with van der Waals surface area (Å²) in [5.41, 5.74) is 0.149. The summed E-state index contributed by atoms with van der Waals surface area (Å²) in [7, 11) is 0. The van der Waals surface area contributed by atoms with Crippen LogP contribution in [0.3, 0.4) is 0 Å². The maximum atomic E-state index is 12.2. The summed E-state index contributed by atoms with van der Waals surface area (Å²) < 4.78 is 0. The van der Waals surface area contributed by atoms with Gasteiger partial charge in [0.2, 0.25) is 0 Å². The fourth-order valence-electron chi connectivity index (χ4n) is 1.86. The number of benzene rings is 1. The van der Waals surface area contributed by atoms with Crippen molar-refractivity contribution < 1.29 is 19.8 Å². The van der Waals surface area contributed by atoms with E-state index < -0.39 is 17.9 Å². The van der Waals surface area contributed by atoms with Crippen LogP contribution < -0.4 is 0 Å². The lowest BCUT2D eigenvalue weighted by molar-refractivity contribution is -0.141. The first kappa shape index (κ1) is 12.8. The first-order valence-corrected chi connectivity index (χ1v) is 6.66. The van der Waals surface area contributed by atoms with Crippen LogP contribution in [-0.4, -0.2) is 51.1 Å². The Morgan fingerprint density at radius 1 is 1.33 bits per heavy atom. The molecule has 1 atom stereocenters. The van der Waals surface area contributed by atoms with Crippen LogP contribution in [0.25, 0.3) is 0 Å². The fourth-order valence-corrected chi connectivity index (χ4v) is 2.90. The molecule has 18 heavy (non-hydrogen) atoms. The second kappa shape index (κ2) is 5.30. The van der Waals surface area contributed by atoms with E-state index in [1.165, 1.54) is 28.8 Å². The first-order valence-electron chi connectivity index (χ1n) is 5.51. The Kier molecular flexibility index (Phi) is 3.76. The second-order valence-corrected chi connectivity index (χ2v) is 5.09. The summed E-state index contributed by atoms with van der Waals surface area (Å²) in [6, 6.07) is 5.35. The molecule has 6 heteroatoms. The quantitative estimate of drug-likeness (QED) is 0.837. The number of nitrogens with zero attached hydrogens (tertiary/aromatic N) is 1. The van der Waals surface area contributed by atoms with E-state index >= 15 is 0 Å². The number of phenols is 1. The van der Waals surface area contributed by atoms with E-state index in [4.69, 9.17) is 5.11 Å². The number of hydrogen-bond donors (Lipinski definition) is 2. The van der Waals surface area contributed by atoms with Gasteiger partial charge in [-0.25, -0.2) is 4.79 Å². The number of carboxylic acid groups (broad SMARTS) is 1. The van der Waals surface area contributed by atoms with E-state index in [0.29, 0.717) is 18.1 Å². The maximum Gasteiger partial charge on any atom is 0.327 e. The molecule has 2 N–H and O–H groups in total. The summed E-state index contributed by atoms with van der Waals surface area (Å²) in [4.78, 5) is 24.7. The van der Waals surface area contributed by atoms with Gasteiger partial charge in [-0.05, 0) is 12.1 Å². The third kappa shape index (κ3) is 2.43.